The van der Waals surface area contributed by atoms with Crippen molar-refractivity contribution < 1.29 is 9.90 Å². The van der Waals surface area contributed by atoms with Gasteiger partial charge in [-0.15, -0.1) is 11.8 Å². The first-order valence-electron chi connectivity index (χ1n) is 3.18. The van der Waals surface area contributed by atoms with E-state index in [1.165, 1.54) is 0 Å². The van der Waals surface area contributed by atoms with Crippen LogP contribution < -0.4 is 5.32 Å². The summed E-state index contributed by atoms with van der Waals surface area (Å²) in [5.41, 5.74) is 0. The predicted octanol–water partition coefficient (Wildman–Crippen LogP) is 0.760. The lowest BCUT2D eigenvalue weighted by Gasteiger charge is -2.11. The highest BCUT2D eigenvalue weighted by atomic mass is 32.2. The molecule has 0 aliphatic heterocycles. The molecular formula is C6H13NO2S. The van der Waals surface area contributed by atoms with Crippen molar-refractivity contribution in [3.63, 3.8) is 0 Å². The fourth-order valence-corrected chi connectivity index (χ4v) is 1.18. The minimum absolute atomic E-state index is 0.0549. The molecule has 4 heteroatoms. The molecule has 0 aromatic carbocycles. The van der Waals surface area contributed by atoms with Crippen LogP contribution >= 0.6 is 11.8 Å². The zero-order valence-electron chi connectivity index (χ0n) is 6.26. The zero-order chi connectivity index (χ0) is 7.98. The van der Waals surface area contributed by atoms with Crippen LogP contribution in [0.1, 0.15) is 13.3 Å². The molecule has 0 spiro atoms. The molecule has 60 valence electrons. The number of hydrogen-bond donors (Lipinski definition) is 2. The lowest BCUT2D eigenvalue weighted by molar-refractivity contribution is -0.136. The lowest BCUT2D eigenvalue weighted by Crippen LogP contribution is -2.30. The molecule has 0 amide bonds. The second-order valence-corrected chi connectivity index (χ2v) is 2.95. The van der Waals surface area contributed by atoms with Crippen molar-refractivity contribution in [3.8, 4) is 0 Å². The maximum atomic E-state index is 10.1. The van der Waals surface area contributed by atoms with E-state index >= 15 is 0 Å². The van der Waals surface area contributed by atoms with Gasteiger partial charge < -0.3 is 5.11 Å². The van der Waals surface area contributed by atoms with E-state index in [0.717, 1.165) is 6.42 Å². The van der Waals surface area contributed by atoms with E-state index < -0.39 is 5.97 Å². The van der Waals surface area contributed by atoms with Gasteiger partial charge in [-0.2, -0.15) is 0 Å². The number of rotatable bonds is 5. The Morgan fingerprint density at radius 1 is 1.80 bits per heavy atom. The SMILES string of the molecule is CCC(NCC(=O)O)SC. The molecule has 0 saturated carbocycles. The molecule has 10 heavy (non-hydrogen) atoms. The molecule has 0 heterocycles. The average Bonchev–Trinajstić information content (AvgIpc) is 1.90. The molecule has 0 bridgehead atoms. The Kier molecular flexibility index (Phi) is 5.43. The van der Waals surface area contributed by atoms with Gasteiger partial charge in [0, 0.05) is 0 Å². The normalized spacial score (nSPS) is 13.0. The molecule has 0 aromatic rings. The number of carboxylic acids is 1. The average molecular weight is 163 g/mol. The number of hydrogen-bond acceptors (Lipinski definition) is 3. The third kappa shape index (κ3) is 4.64. The summed E-state index contributed by atoms with van der Waals surface area (Å²) in [5, 5.41) is 11.4. The molecule has 3 nitrogen and oxygen atoms in total. The Hall–Kier alpha value is -0.220. The molecule has 0 aliphatic carbocycles. The van der Waals surface area contributed by atoms with Crippen LogP contribution in [0.2, 0.25) is 0 Å². The molecule has 0 fully saturated rings. The molecule has 0 aromatic heterocycles. The van der Waals surface area contributed by atoms with Gasteiger partial charge in [-0.25, -0.2) is 0 Å². The number of aliphatic carboxylic acids is 1. The van der Waals surface area contributed by atoms with Gasteiger partial charge in [-0.05, 0) is 12.7 Å². The first-order chi connectivity index (χ1) is 4.70. The van der Waals surface area contributed by atoms with Crippen molar-refractivity contribution in [2.24, 2.45) is 0 Å². The highest BCUT2D eigenvalue weighted by Gasteiger charge is 2.03. The molecule has 0 saturated heterocycles. The summed E-state index contributed by atoms with van der Waals surface area (Å²) in [7, 11) is 0. The third-order valence-corrected chi connectivity index (χ3v) is 2.21. The van der Waals surface area contributed by atoms with Crippen LogP contribution in [-0.4, -0.2) is 29.3 Å². The van der Waals surface area contributed by atoms with Gasteiger partial charge in [0.2, 0.25) is 0 Å². The van der Waals surface area contributed by atoms with Crippen LogP contribution in [0.3, 0.4) is 0 Å². The molecule has 1 atom stereocenters. The highest BCUT2D eigenvalue weighted by molar-refractivity contribution is 7.99. The first kappa shape index (κ1) is 9.78. The molecule has 1 unspecified atom stereocenters. The summed E-state index contributed by atoms with van der Waals surface area (Å²) >= 11 is 1.64. The minimum Gasteiger partial charge on any atom is -0.480 e. The minimum atomic E-state index is -0.799. The van der Waals surface area contributed by atoms with Gasteiger partial charge in [-0.3, -0.25) is 10.1 Å². The Bertz CT molecular complexity index is 104. The van der Waals surface area contributed by atoms with Crippen molar-refractivity contribution >= 4 is 17.7 Å². The maximum Gasteiger partial charge on any atom is 0.317 e. The van der Waals surface area contributed by atoms with Crippen LogP contribution in [0, 0.1) is 0 Å². The summed E-state index contributed by atoms with van der Waals surface area (Å²) in [6, 6.07) is 0. The van der Waals surface area contributed by atoms with Crippen molar-refractivity contribution in [3.05, 3.63) is 0 Å². The maximum absolute atomic E-state index is 10.1. The molecule has 0 aliphatic rings. The van der Waals surface area contributed by atoms with Crippen molar-refractivity contribution in [1.29, 1.82) is 0 Å². The Balaban J connectivity index is 3.34. The fraction of sp³-hybridized carbons (Fsp3) is 0.833. The molecule has 2 N–H and O–H groups in total. The fourth-order valence-electron chi connectivity index (χ4n) is 0.595. The number of thioether (sulfide) groups is 1. The van der Waals surface area contributed by atoms with Gasteiger partial charge in [-0.1, -0.05) is 6.92 Å². The lowest BCUT2D eigenvalue weighted by atomic mass is 10.4. The van der Waals surface area contributed by atoms with E-state index in [1.54, 1.807) is 11.8 Å². The van der Waals surface area contributed by atoms with Crippen LogP contribution in [-0.2, 0) is 4.79 Å². The van der Waals surface area contributed by atoms with Gasteiger partial charge in [0.15, 0.2) is 0 Å². The highest BCUT2D eigenvalue weighted by Crippen LogP contribution is 2.05. The summed E-state index contributed by atoms with van der Waals surface area (Å²) in [5.74, 6) is -0.799. The topological polar surface area (TPSA) is 49.3 Å². The zero-order valence-corrected chi connectivity index (χ0v) is 7.07. The quantitative estimate of drug-likeness (QED) is 0.587. The monoisotopic (exact) mass is 163 g/mol. The Morgan fingerprint density at radius 3 is 2.70 bits per heavy atom. The number of carboxylic acid groups (broad SMARTS) is 1. The third-order valence-electron chi connectivity index (χ3n) is 1.14. The van der Waals surface area contributed by atoms with Gasteiger partial charge in [0.25, 0.3) is 0 Å². The summed E-state index contributed by atoms with van der Waals surface area (Å²) in [6.07, 6.45) is 2.91. The van der Waals surface area contributed by atoms with Gasteiger partial charge >= 0.3 is 5.97 Å². The Morgan fingerprint density at radius 2 is 2.40 bits per heavy atom. The van der Waals surface area contributed by atoms with Crippen LogP contribution in [0.15, 0.2) is 0 Å². The van der Waals surface area contributed by atoms with Crippen LogP contribution in [0.5, 0.6) is 0 Å². The van der Waals surface area contributed by atoms with Crippen molar-refractivity contribution in [2.45, 2.75) is 18.7 Å². The van der Waals surface area contributed by atoms with E-state index in [1.807, 2.05) is 13.2 Å². The van der Waals surface area contributed by atoms with E-state index in [9.17, 15) is 4.79 Å². The van der Waals surface area contributed by atoms with E-state index in [0.29, 0.717) is 0 Å². The summed E-state index contributed by atoms with van der Waals surface area (Å²) < 4.78 is 0. The second-order valence-electron chi connectivity index (χ2n) is 1.91. The standard InChI is InChI=1S/C6H13NO2S/c1-3-5(10-2)7-4-6(8)9/h5,7H,3-4H2,1-2H3,(H,8,9). The van der Waals surface area contributed by atoms with E-state index in [-0.39, 0.29) is 11.9 Å². The van der Waals surface area contributed by atoms with Gasteiger partial charge in [0.05, 0.1) is 11.9 Å². The van der Waals surface area contributed by atoms with Gasteiger partial charge in [0.1, 0.15) is 0 Å². The second kappa shape index (κ2) is 5.56. The van der Waals surface area contributed by atoms with E-state index in [4.69, 9.17) is 5.11 Å². The summed E-state index contributed by atoms with van der Waals surface area (Å²) in [6.45, 7) is 2.08. The molecule has 0 rings (SSSR count). The number of carbonyl (C=O) groups is 1. The smallest absolute Gasteiger partial charge is 0.317 e. The summed E-state index contributed by atoms with van der Waals surface area (Å²) in [4.78, 5) is 10.1. The molecular weight excluding hydrogens is 150 g/mol. The number of nitrogens with one attached hydrogen (secondary N) is 1. The van der Waals surface area contributed by atoms with Crippen LogP contribution in [0.25, 0.3) is 0 Å². The van der Waals surface area contributed by atoms with Crippen molar-refractivity contribution in [2.75, 3.05) is 12.8 Å². The predicted molar refractivity (Wildman–Crippen MR) is 43.2 cm³/mol. The Labute approximate surface area is 65.2 Å². The van der Waals surface area contributed by atoms with Crippen LogP contribution in [0.4, 0.5) is 0 Å². The van der Waals surface area contributed by atoms with E-state index in [2.05, 4.69) is 5.32 Å². The first-order valence-corrected chi connectivity index (χ1v) is 4.47. The molecule has 0 radical (unpaired) electrons. The van der Waals surface area contributed by atoms with Crippen molar-refractivity contribution in [1.82, 2.24) is 5.32 Å². The largest absolute Gasteiger partial charge is 0.480 e.